The zero-order chi connectivity index (χ0) is 13.8. The van der Waals surface area contributed by atoms with E-state index in [0.29, 0.717) is 0 Å². The Morgan fingerprint density at radius 1 is 1.39 bits per heavy atom. The molecule has 0 radical (unpaired) electrons. The van der Waals surface area contributed by atoms with Gasteiger partial charge in [0.1, 0.15) is 11.6 Å². The number of hydrogen-bond acceptors (Lipinski definition) is 5. The highest BCUT2D eigenvalue weighted by Crippen LogP contribution is 2.22. The van der Waals surface area contributed by atoms with Crippen molar-refractivity contribution >= 4 is 17.3 Å². The summed E-state index contributed by atoms with van der Waals surface area (Å²) in [5, 5.41) is 15.6. The van der Waals surface area contributed by atoms with Gasteiger partial charge in [-0.25, -0.2) is 4.98 Å². The largest absolute Gasteiger partial charge is 0.390 e. The van der Waals surface area contributed by atoms with Crippen molar-refractivity contribution < 1.29 is 18.1 Å². The Labute approximate surface area is 100 Å². The number of hydrogen-bond donors (Lipinski definition) is 2. The summed E-state index contributed by atoms with van der Waals surface area (Å²) in [6, 6.07) is 2.27. The molecule has 0 fully saturated rings. The highest BCUT2D eigenvalue weighted by Gasteiger charge is 2.26. The van der Waals surface area contributed by atoms with Crippen LogP contribution >= 0.6 is 0 Å². The van der Waals surface area contributed by atoms with Crippen molar-refractivity contribution in [2.24, 2.45) is 0 Å². The summed E-state index contributed by atoms with van der Waals surface area (Å²) in [5.74, 6) is 0.233. The molecule has 2 N–H and O–H groups in total. The molecule has 0 saturated carbocycles. The van der Waals surface area contributed by atoms with E-state index in [4.69, 9.17) is 0 Å². The van der Waals surface area contributed by atoms with E-state index in [1.165, 1.54) is 13.1 Å². The minimum absolute atomic E-state index is 0.0257. The second-order valence-corrected chi connectivity index (χ2v) is 3.39. The van der Waals surface area contributed by atoms with Crippen LogP contribution in [-0.2, 0) is 0 Å². The minimum atomic E-state index is -4.28. The average molecular weight is 264 g/mol. The Hall–Kier alpha value is -2.06. The lowest BCUT2D eigenvalue weighted by Crippen LogP contribution is -2.15. The van der Waals surface area contributed by atoms with E-state index < -0.39 is 17.5 Å². The van der Waals surface area contributed by atoms with Crippen molar-refractivity contribution in [3.05, 3.63) is 22.2 Å². The zero-order valence-corrected chi connectivity index (χ0v) is 9.41. The lowest BCUT2D eigenvalue weighted by molar-refractivity contribution is -0.384. The molecule has 0 aliphatic rings. The summed E-state index contributed by atoms with van der Waals surface area (Å²) in [5.41, 5.74) is -0.246. The molecule has 6 nitrogen and oxygen atoms in total. The molecule has 100 valence electrons. The molecular formula is C9H11F3N4O2. The Kier molecular flexibility index (Phi) is 4.29. The molecule has 1 aromatic heterocycles. The summed E-state index contributed by atoms with van der Waals surface area (Å²) >= 11 is 0. The number of halogens is 3. The van der Waals surface area contributed by atoms with Crippen LogP contribution in [0.25, 0.3) is 0 Å². The van der Waals surface area contributed by atoms with Crippen LogP contribution in [-0.4, -0.2) is 29.7 Å². The van der Waals surface area contributed by atoms with Gasteiger partial charge in [0.05, 0.1) is 23.5 Å². The maximum absolute atomic E-state index is 11.9. The molecule has 0 aromatic carbocycles. The maximum atomic E-state index is 11.9. The third kappa shape index (κ3) is 4.44. The summed E-state index contributed by atoms with van der Waals surface area (Å²) in [6.07, 6.45) is -5.31. The number of aromatic nitrogens is 1. The fourth-order valence-corrected chi connectivity index (χ4v) is 1.17. The average Bonchev–Trinajstić information content (AvgIpc) is 2.26. The van der Waals surface area contributed by atoms with Gasteiger partial charge >= 0.3 is 6.18 Å². The van der Waals surface area contributed by atoms with Crippen LogP contribution in [0.4, 0.5) is 30.5 Å². The molecule has 9 heteroatoms. The number of nitrogens with one attached hydrogen (secondary N) is 2. The van der Waals surface area contributed by atoms with Crippen LogP contribution in [0.2, 0.25) is 0 Å². The number of pyridine rings is 1. The van der Waals surface area contributed by atoms with E-state index in [2.05, 4.69) is 15.6 Å². The zero-order valence-electron chi connectivity index (χ0n) is 9.41. The highest BCUT2D eigenvalue weighted by atomic mass is 19.4. The third-order valence-electron chi connectivity index (χ3n) is 1.99. The van der Waals surface area contributed by atoms with E-state index in [-0.39, 0.29) is 23.9 Å². The van der Waals surface area contributed by atoms with Crippen molar-refractivity contribution in [3.8, 4) is 0 Å². The Balaban J connectivity index is 2.76. The highest BCUT2D eigenvalue weighted by molar-refractivity contribution is 5.54. The molecule has 1 heterocycles. The van der Waals surface area contributed by atoms with Gasteiger partial charge in [-0.05, 0) is 0 Å². The minimum Gasteiger partial charge on any atom is -0.373 e. The summed E-state index contributed by atoms with van der Waals surface area (Å²) in [7, 11) is 1.51. The smallest absolute Gasteiger partial charge is 0.373 e. The number of rotatable bonds is 5. The SMILES string of the molecule is CNc1cc([N+](=O)[O-])cc(NCCC(F)(F)F)n1. The van der Waals surface area contributed by atoms with Gasteiger partial charge in [-0.1, -0.05) is 0 Å². The first-order valence-electron chi connectivity index (χ1n) is 4.96. The summed E-state index contributed by atoms with van der Waals surface area (Å²) in [6.45, 7) is -0.388. The molecule has 0 spiro atoms. The molecule has 18 heavy (non-hydrogen) atoms. The van der Waals surface area contributed by atoms with Crippen molar-refractivity contribution in [1.82, 2.24) is 4.98 Å². The monoisotopic (exact) mass is 264 g/mol. The van der Waals surface area contributed by atoms with Gasteiger partial charge in [0.2, 0.25) is 0 Å². The van der Waals surface area contributed by atoms with Gasteiger partial charge in [0.25, 0.3) is 5.69 Å². The van der Waals surface area contributed by atoms with Crippen LogP contribution in [0.3, 0.4) is 0 Å². The van der Waals surface area contributed by atoms with Gasteiger partial charge in [0.15, 0.2) is 0 Å². The normalized spacial score (nSPS) is 11.1. The van der Waals surface area contributed by atoms with Gasteiger partial charge < -0.3 is 10.6 Å². The number of anilines is 2. The van der Waals surface area contributed by atoms with E-state index in [0.717, 1.165) is 6.07 Å². The lowest BCUT2D eigenvalue weighted by Gasteiger charge is -2.09. The number of alkyl halides is 3. The number of nitro groups is 1. The van der Waals surface area contributed by atoms with Crippen molar-refractivity contribution in [1.29, 1.82) is 0 Å². The summed E-state index contributed by atoms with van der Waals surface area (Å²) in [4.78, 5) is 13.8. The Bertz CT molecular complexity index is 436. The molecule has 0 atom stereocenters. The van der Waals surface area contributed by atoms with Gasteiger partial charge in [-0.15, -0.1) is 0 Å². The Morgan fingerprint density at radius 2 is 2.00 bits per heavy atom. The predicted octanol–water partition coefficient (Wildman–Crippen LogP) is 2.40. The van der Waals surface area contributed by atoms with Crippen molar-refractivity contribution in [3.63, 3.8) is 0 Å². The van der Waals surface area contributed by atoms with Crippen molar-refractivity contribution in [2.75, 3.05) is 24.2 Å². The molecule has 0 aliphatic heterocycles. The second-order valence-electron chi connectivity index (χ2n) is 3.39. The molecule has 0 bridgehead atoms. The molecule has 0 aliphatic carbocycles. The quantitative estimate of drug-likeness (QED) is 0.630. The standard InChI is InChI=1S/C9H11F3N4O2/c1-13-7-4-6(16(17)18)5-8(15-7)14-3-2-9(10,11)12/h4-5H,2-3H2,1H3,(H2,13,14,15). The van der Waals surface area contributed by atoms with Crippen LogP contribution in [0.1, 0.15) is 6.42 Å². The molecular weight excluding hydrogens is 253 g/mol. The van der Waals surface area contributed by atoms with E-state index >= 15 is 0 Å². The molecule has 1 rings (SSSR count). The Morgan fingerprint density at radius 3 is 2.50 bits per heavy atom. The van der Waals surface area contributed by atoms with Gasteiger partial charge in [-0.3, -0.25) is 10.1 Å². The fourth-order valence-electron chi connectivity index (χ4n) is 1.17. The molecule has 0 unspecified atom stereocenters. The van der Waals surface area contributed by atoms with Gasteiger partial charge in [0, 0.05) is 13.6 Å². The van der Waals surface area contributed by atoms with Crippen LogP contribution in [0.5, 0.6) is 0 Å². The first-order chi connectivity index (χ1) is 8.31. The van der Waals surface area contributed by atoms with Crippen LogP contribution in [0, 0.1) is 10.1 Å². The fraction of sp³-hybridized carbons (Fsp3) is 0.444. The lowest BCUT2D eigenvalue weighted by atomic mass is 10.3. The van der Waals surface area contributed by atoms with E-state index in [1.54, 1.807) is 0 Å². The van der Waals surface area contributed by atoms with Crippen LogP contribution in [0.15, 0.2) is 12.1 Å². The maximum Gasteiger partial charge on any atom is 0.390 e. The van der Waals surface area contributed by atoms with Crippen LogP contribution < -0.4 is 10.6 Å². The molecule has 0 saturated heterocycles. The third-order valence-corrected chi connectivity index (χ3v) is 1.99. The van der Waals surface area contributed by atoms with E-state index in [1.807, 2.05) is 0 Å². The summed E-state index contributed by atoms with van der Waals surface area (Å²) < 4.78 is 35.8. The van der Waals surface area contributed by atoms with Crippen molar-refractivity contribution in [2.45, 2.75) is 12.6 Å². The first kappa shape index (κ1) is 14.0. The molecule has 0 amide bonds. The van der Waals surface area contributed by atoms with Gasteiger partial charge in [-0.2, -0.15) is 13.2 Å². The predicted molar refractivity (Wildman–Crippen MR) is 59.6 cm³/mol. The second kappa shape index (κ2) is 5.52. The number of nitrogens with zero attached hydrogens (tertiary/aromatic N) is 2. The first-order valence-corrected chi connectivity index (χ1v) is 4.96. The van der Waals surface area contributed by atoms with E-state index in [9.17, 15) is 23.3 Å². The molecule has 1 aromatic rings. The topological polar surface area (TPSA) is 80.1 Å².